The van der Waals surface area contributed by atoms with Crippen molar-refractivity contribution in [1.29, 1.82) is 5.26 Å². The maximum absolute atomic E-state index is 13.2. The Balaban J connectivity index is 2.83. The van der Waals surface area contributed by atoms with Crippen LogP contribution >= 0.6 is 0 Å². The second-order valence-electron chi connectivity index (χ2n) is 8.29. The van der Waals surface area contributed by atoms with Crippen LogP contribution in [0.1, 0.15) is 69.9 Å². The first-order valence-electron chi connectivity index (χ1n) is 10.2. The molecule has 0 aliphatic carbocycles. The zero-order valence-corrected chi connectivity index (χ0v) is 19.1. The van der Waals surface area contributed by atoms with Crippen molar-refractivity contribution in [3.8, 4) is 6.07 Å². The van der Waals surface area contributed by atoms with E-state index in [1.807, 2.05) is 0 Å². The summed E-state index contributed by atoms with van der Waals surface area (Å²) in [5.74, 6) is -1.12. The van der Waals surface area contributed by atoms with Crippen LogP contribution in [0.4, 0.5) is 18.9 Å². The largest absolute Gasteiger partial charge is 0.417 e. The van der Waals surface area contributed by atoms with E-state index in [9.17, 15) is 31.5 Å². The quantitative estimate of drug-likeness (QED) is 0.339. The Morgan fingerprint density at radius 2 is 1.78 bits per heavy atom. The van der Waals surface area contributed by atoms with Crippen molar-refractivity contribution in [1.82, 2.24) is 0 Å². The molecule has 0 spiro atoms. The number of nitrogens with one attached hydrogen (secondary N) is 1. The lowest BCUT2D eigenvalue weighted by Crippen LogP contribution is -2.33. The predicted octanol–water partition coefficient (Wildman–Crippen LogP) is 4.36. The number of rotatable bonds is 12. The Labute approximate surface area is 186 Å². The Morgan fingerprint density at radius 1 is 1.19 bits per heavy atom. The fourth-order valence-corrected chi connectivity index (χ4v) is 3.47. The molecule has 0 aliphatic heterocycles. The molecule has 0 radical (unpaired) electrons. The number of nitrogens with zero attached hydrogens (tertiary/aromatic N) is 1. The van der Waals surface area contributed by atoms with Crippen LogP contribution in [0.3, 0.4) is 0 Å². The molecule has 1 atom stereocenters. The highest BCUT2D eigenvalue weighted by Crippen LogP contribution is 2.34. The molecule has 1 unspecified atom stereocenters. The summed E-state index contributed by atoms with van der Waals surface area (Å²) in [5.41, 5.74) is -2.55. The van der Waals surface area contributed by atoms with Crippen molar-refractivity contribution < 1.29 is 35.7 Å². The summed E-state index contributed by atoms with van der Waals surface area (Å²) in [6, 6.07) is 3.18. The van der Waals surface area contributed by atoms with E-state index in [1.165, 1.54) is 12.1 Å². The zero-order chi connectivity index (χ0) is 24.6. The Bertz CT molecular complexity index is 919. The van der Waals surface area contributed by atoms with Gasteiger partial charge < -0.3 is 14.6 Å². The number of carbonyl (C=O) groups is 1. The van der Waals surface area contributed by atoms with E-state index >= 15 is 0 Å². The van der Waals surface area contributed by atoms with Crippen LogP contribution < -0.4 is 5.32 Å². The van der Waals surface area contributed by atoms with Crippen molar-refractivity contribution in [2.45, 2.75) is 76.6 Å². The average Bonchev–Trinajstić information content (AvgIpc) is 2.63. The number of anilines is 1. The molecule has 180 valence electrons. The number of carbonyl (C=O) groups excluding carboxylic acids is 1. The van der Waals surface area contributed by atoms with E-state index in [0.717, 1.165) is 25.3 Å². The van der Waals surface area contributed by atoms with Gasteiger partial charge in [0, 0.05) is 5.69 Å². The lowest BCUT2D eigenvalue weighted by atomic mass is 9.99. The SMILES string of the molecule is CC(C)(O)CCCCCCCC(Nc1ccc(C#N)c(C(F)(F)F)c1)C(=O)OS(C)(=O)=O. The topological polar surface area (TPSA) is 116 Å². The fraction of sp³-hybridized carbons (Fsp3) is 0.619. The summed E-state index contributed by atoms with van der Waals surface area (Å²) in [6.45, 7) is 3.45. The maximum Gasteiger partial charge on any atom is 0.417 e. The van der Waals surface area contributed by atoms with Crippen molar-refractivity contribution in [3.05, 3.63) is 29.3 Å². The first kappa shape index (κ1) is 27.7. The molecule has 0 heterocycles. The van der Waals surface area contributed by atoms with Crippen LogP contribution in [-0.2, 0) is 25.3 Å². The molecule has 0 amide bonds. The predicted molar refractivity (Wildman–Crippen MR) is 113 cm³/mol. The van der Waals surface area contributed by atoms with Gasteiger partial charge in [0.15, 0.2) is 0 Å². The number of halogens is 3. The van der Waals surface area contributed by atoms with Crippen molar-refractivity contribution in [2.75, 3.05) is 11.6 Å². The number of alkyl halides is 3. The molecule has 0 aliphatic rings. The second-order valence-corrected chi connectivity index (χ2v) is 9.87. The lowest BCUT2D eigenvalue weighted by molar-refractivity contribution is -0.137. The molecule has 0 saturated carbocycles. The van der Waals surface area contributed by atoms with Crippen molar-refractivity contribution in [2.24, 2.45) is 0 Å². The monoisotopic (exact) mass is 478 g/mol. The van der Waals surface area contributed by atoms with Gasteiger partial charge in [-0.2, -0.15) is 26.9 Å². The summed E-state index contributed by atoms with van der Waals surface area (Å²) in [7, 11) is -4.10. The lowest BCUT2D eigenvalue weighted by Gasteiger charge is -2.19. The summed E-state index contributed by atoms with van der Waals surface area (Å²) >= 11 is 0. The van der Waals surface area contributed by atoms with E-state index in [0.29, 0.717) is 31.6 Å². The molecule has 0 aromatic heterocycles. The summed E-state index contributed by atoms with van der Waals surface area (Å²) in [5, 5.41) is 21.2. The van der Waals surface area contributed by atoms with Crippen LogP contribution in [-0.4, -0.2) is 37.4 Å². The first-order chi connectivity index (χ1) is 14.6. The van der Waals surface area contributed by atoms with E-state index < -0.39 is 45.0 Å². The van der Waals surface area contributed by atoms with Crippen molar-refractivity contribution >= 4 is 21.8 Å². The van der Waals surface area contributed by atoms with Gasteiger partial charge in [0.25, 0.3) is 0 Å². The minimum atomic E-state index is -4.77. The van der Waals surface area contributed by atoms with Crippen LogP contribution in [0.25, 0.3) is 0 Å². The number of hydrogen-bond acceptors (Lipinski definition) is 7. The maximum atomic E-state index is 13.2. The normalized spacial score (nSPS) is 13.3. The van der Waals surface area contributed by atoms with Gasteiger partial charge >= 0.3 is 22.3 Å². The molecule has 11 heteroatoms. The smallest absolute Gasteiger partial charge is 0.390 e. The van der Waals surface area contributed by atoms with E-state index in [-0.39, 0.29) is 12.1 Å². The van der Waals surface area contributed by atoms with Gasteiger partial charge in [-0.15, -0.1) is 0 Å². The van der Waals surface area contributed by atoms with Gasteiger partial charge in [0.2, 0.25) is 0 Å². The van der Waals surface area contributed by atoms with Gasteiger partial charge in [-0.3, -0.25) is 0 Å². The van der Waals surface area contributed by atoms with E-state index in [4.69, 9.17) is 5.26 Å². The third-order valence-corrected chi connectivity index (χ3v) is 5.05. The van der Waals surface area contributed by atoms with Crippen LogP contribution in [0, 0.1) is 11.3 Å². The molecule has 32 heavy (non-hydrogen) atoms. The second kappa shape index (κ2) is 11.5. The average molecular weight is 479 g/mol. The van der Waals surface area contributed by atoms with Gasteiger partial charge in [0.05, 0.1) is 29.1 Å². The number of unbranched alkanes of at least 4 members (excludes halogenated alkanes) is 4. The van der Waals surface area contributed by atoms with Gasteiger partial charge in [-0.1, -0.05) is 32.1 Å². The highest BCUT2D eigenvalue weighted by atomic mass is 32.2. The molecule has 0 bridgehead atoms. The van der Waals surface area contributed by atoms with Gasteiger partial charge in [-0.25, -0.2) is 4.79 Å². The molecule has 0 saturated heterocycles. The first-order valence-corrected chi connectivity index (χ1v) is 12.0. The third-order valence-electron chi connectivity index (χ3n) is 4.59. The fourth-order valence-electron chi connectivity index (χ4n) is 3.06. The molecule has 7 nitrogen and oxygen atoms in total. The Hall–Kier alpha value is -2.32. The molecule has 2 N–H and O–H groups in total. The number of hydrogen-bond donors (Lipinski definition) is 2. The number of aliphatic hydroxyl groups is 1. The van der Waals surface area contributed by atoms with Crippen molar-refractivity contribution in [3.63, 3.8) is 0 Å². The molecular formula is C21H29F3N2O5S. The minimum Gasteiger partial charge on any atom is -0.390 e. The van der Waals surface area contributed by atoms with Crippen LogP contribution in [0.5, 0.6) is 0 Å². The summed E-state index contributed by atoms with van der Waals surface area (Å²) in [4.78, 5) is 12.3. The Morgan fingerprint density at radius 3 is 2.31 bits per heavy atom. The summed E-state index contributed by atoms with van der Waals surface area (Å²) < 4.78 is 66.6. The van der Waals surface area contributed by atoms with Gasteiger partial charge in [-0.05, 0) is 44.9 Å². The highest BCUT2D eigenvalue weighted by Gasteiger charge is 2.34. The van der Waals surface area contributed by atoms with Crippen LogP contribution in [0.15, 0.2) is 18.2 Å². The molecule has 0 fully saturated rings. The van der Waals surface area contributed by atoms with Gasteiger partial charge in [0.1, 0.15) is 6.04 Å². The third kappa shape index (κ3) is 10.8. The highest BCUT2D eigenvalue weighted by molar-refractivity contribution is 7.86. The molecule has 1 aromatic carbocycles. The molecular weight excluding hydrogens is 449 g/mol. The van der Waals surface area contributed by atoms with E-state index in [1.54, 1.807) is 13.8 Å². The molecule has 1 aromatic rings. The summed E-state index contributed by atoms with van der Waals surface area (Å²) in [6.07, 6.45) is 0.438. The Kier molecular flexibility index (Phi) is 9.97. The molecule has 1 rings (SSSR count). The minimum absolute atomic E-state index is 0.0862. The standard InChI is InChI=1S/C21H29F3N2O5S/c1-20(2,28)12-8-6-4-5-7-9-18(19(27)31-32(3,29)30)26-16-11-10-15(14-25)17(13-16)21(22,23)24/h10-11,13,18,26,28H,4-9,12H2,1-3H3. The zero-order valence-electron chi connectivity index (χ0n) is 18.3. The number of benzene rings is 1. The van der Waals surface area contributed by atoms with Crippen LogP contribution in [0.2, 0.25) is 0 Å². The van der Waals surface area contributed by atoms with E-state index in [2.05, 4.69) is 9.50 Å². The number of nitriles is 1.